The van der Waals surface area contributed by atoms with Crippen molar-refractivity contribution in [3.63, 3.8) is 0 Å². The number of hydrogen-bond acceptors (Lipinski definition) is 5. The molecule has 0 radical (unpaired) electrons. The molecule has 0 saturated heterocycles. The molecule has 0 aromatic carbocycles. The molecule has 0 fully saturated rings. The highest BCUT2D eigenvalue weighted by Crippen LogP contribution is 2.10. The van der Waals surface area contributed by atoms with Gasteiger partial charge in [0.05, 0.1) is 6.54 Å². The summed E-state index contributed by atoms with van der Waals surface area (Å²) < 4.78 is 0. The molecular weight excluding hydrogens is 248 g/mol. The Morgan fingerprint density at radius 3 is 3.00 bits per heavy atom. The van der Waals surface area contributed by atoms with Gasteiger partial charge in [-0.15, -0.1) is 0 Å². The molecule has 0 aliphatic carbocycles. The van der Waals surface area contributed by atoms with E-state index in [4.69, 9.17) is 11.6 Å². The van der Waals surface area contributed by atoms with Gasteiger partial charge in [0, 0.05) is 22.8 Å². The molecule has 0 aliphatic heterocycles. The third-order valence-electron chi connectivity index (χ3n) is 1.86. The third-order valence-corrected chi connectivity index (χ3v) is 2.75. The number of nitrogens with one attached hydrogen (secondary N) is 2. The minimum atomic E-state index is -0.0614. The molecule has 0 spiro atoms. The Morgan fingerprint density at radius 1 is 1.56 bits per heavy atom. The molecule has 0 unspecified atom stereocenters. The Balaban J connectivity index is 2.07. The van der Waals surface area contributed by atoms with Gasteiger partial charge in [0.2, 0.25) is 5.28 Å². The summed E-state index contributed by atoms with van der Waals surface area (Å²) in [6.07, 6.45) is 0. The second-order valence-electron chi connectivity index (χ2n) is 3.19. The van der Waals surface area contributed by atoms with Gasteiger partial charge < -0.3 is 10.3 Å². The van der Waals surface area contributed by atoms with Crippen LogP contribution in [0.4, 0.5) is 5.82 Å². The molecule has 84 valence electrons. The van der Waals surface area contributed by atoms with Crippen molar-refractivity contribution in [2.75, 3.05) is 5.32 Å². The molecule has 0 aliphatic rings. The van der Waals surface area contributed by atoms with E-state index in [0.717, 1.165) is 22.7 Å². The van der Waals surface area contributed by atoms with Crippen LogP contribution in [0.5, 0.6) is 0 Å². The van der Waals surface area contributed by atoms with E-state index in [1.165, 1.54) is 0 Å². The highest BCUT2D eigenvalue weighted by Gasteiger charge is 2.01. The van der Waals surface area contributed by atoms with Crippen molar-refractivity contribution in [3.05, 3.63) is 37.8 Å². The van der Waals surface area contributed by atoms with Crippen molar-refractivity contribution in [1.29, 1.82) is 0 Å². The van der Waals surface area contributed by atoms with Gasteiger partial charge >= 0.3 is 4.87 Å². The fourth-order valence-electron chi connectivity index (χ4n) is 1.21. The predicted octanol–water partition coefficient (Wildman–Crippen LogP) is 1.80. The Hall–Kier alpha value is -1.40. The molecule has 0 amide bonds. The molecule has 5 nitrogen and oxygen atoms in total. The predicted molar refractivity (Wildman–Crippen MR) is 64.0 cm³/mol. The summed E-state index contributed by atoms with van der Waals surface area (Å²) in [5, 5.41) is 5.04. The normalized spacial score (nSPS) is 10.4. The maximum absolute atomic E-state index is 10.9. The van der Waals surface area contributed by atoms with Crippen LogP contribution in [0.1, 0.15) is 11.4 Å². The first kappa shape index (κ1) is 11.1. The Morgan fingerprint density at radius 2 is 2.38 bits per heavy atom. The van der Waals surface area contributed by atoms with Crippen LogP contribution in [0.2, 0.25) is 5.28 Å². The number of halogens is 1. The van der Waals surface area contributed by atoms with Gasteiger partial charge in [-0.1, -0.05) is 11.3 Å². The van der Waals surface area contributed by atoms with E-state index in [0.29, 0.717) is 12.4 Å². The van der Waals surface area contributed by atoms with E-state index in [9.17, 15) is 4.79 Å². The quantitative estimate of drug-likeness (QED) is 0.822. The highest BCUT2D eigenvalue weighted by atomic mass is 35.5. The Kier molecular flexibility index (Phi) is 3.21. The fourth-order valence-corrected chi connectivity index (χ4v) is 2.02. The standard InChI is InChI=1S/C9H9ClN4OS/c1-5-2-7(14-8(10)12-5)11-3-6-4-16-9(15)13-6/h2,4H,3H2,1H3,(H,13,15)(H,11,12,14). The van der Waals surface area contributed by atoms with Gasteiger partial charge in [0.1, 0.15) is 5.82 Å². The molecule has 7 heteroatoms. The zero-order chi connectivity index (χ0) is 11.5. The molecule has 0 atom stereocenters. The van der Waals surface area contributed by atoms with Crippen LogP contribution in [-0.4, -0.2) is 15.0 Å². The van der Waals surface area contributed by atoms with Crippen LogP contribution >= 0.6 is 22.9 Å². The molecular formula is C9H9ClN4OS. The molecule has 2 N–H and O–H groups in total. The number of anilines is 1. The van der Waals surface area contributed by atoms with Crippen molar-refractivity contribution >= 4 is 28.8 Å². The van der Waals surface area contributed by atoms with E-state index in [1.807, 2.05) is 6.92 Å². The summed E-state index contributed by atoms with van der Waals surface area (Å²) in [5.41, 5.74) is 1.61. The van der Waals surface area contributed by atoms with Crippen molar-refractivity contribution < 1.29 is 0 Å². The maximum atomic E-state index is 10.9. The number of aromatic amines is 1. The molecule has 0 bridgehead atoms. The summed E-state index contributed by atoms with van der Waals surface area (Å²) in [6.45, 7) is 2.34. The van der Waals surface area contributed by atoms with Crippen molar-refractivity contribution in [2.24, 2.45) is 0 Å². The van der Waals surface area contributed by atoms with E-state index < -0.39 is 0 Å². The minimum absolute atomic E-state index is 0.0614. The van der Waals surface area contributed by atoms with Crippen molar-refractivity contribution in [2.45, 2.75) is 13.5 Å². The SMILES string of the molecule is Cc1cc(NCc2csc(=O)[nH]2)nc(Cl)n1. The topological polar surface area (TPSA) is 70.7 Å². The third kappa shape index (κ3) is 2.80. The molecule has 2 aromatic heterocycles. The first-order valence-electron chi connectivity index (χ1n) is 4.55. The van der Waals surface area contributed by atoms with Crippen LogP contribution in [0, 0.1) is 6.92 Å². The minimum Gasteiger partial charge on any atom is -0.364 e. The Bertz CT molecular complexity index is 530. The van der Waals surface area contributed by atoms with Gasteiger partial charge in [0.25, 0.3) is 0 Å². The maximum Gasteiger partial charge on any atom is 0.304 e. The summed E-state index contributed by atoms with van der Waals surface area (Å²) in [4.78, 5) is 21.5. The highest BCUT2D eigenvalue weighted by molar-refractivity contribution is 7.07. The first-order chi connectivity index (χ1) is 7.63. The van der Waals surface area contributed by atoms with Gasteiger partial charge in [0.15, 0.2) is 0 Å². The van der Waals surface area contributed by atoms with Gasteiger partial charge in [-0.2, -0.15) is 0 Å². The number of aryl methyl sites for hydroxylation is 1. The second kappa shape index (κ2) is 4.63. The van der Waals surface area contributed by atoms with Crippen molar-refractivity contribution in [3.8, 4) is 0 Å². The lowest BCUT2D eigenvalue weighted by Crippen LogP contribution is -2.05. The molecule has 2 aromatic rings. The van der Waals surface area contributed by atoms with Crippen LogP contribution in [0.15, 0.2) is 16.2 Å². The average Bonchev–Trinajstić information content (AvgIpc) is 2.60. The zero-order valence-electron chi connectivity index (χ0n) is 8.45. The molecule has 0 saturated carbocycles. The number of aromatic nitrogens is 3. The van der Waals surface area contributed by atoms with Gasteiger partial charge in [-0.25, -0.2) is 9.97 Å². The lowest BCUT2D eigenvalue weighted by atomic mass is 10.4. The van der Waals surface area contributed by atoms with Crippen LogP contribution in [-0.2, 0) is 6.54 Å². The average molecular weight is 257 g/mol. The van der Waals surface area contributed by atoms with Crippen LogP contribution in [0.25, 0.3) is 0 Å². The monoisotopic (exact) mass is 256 g/mol. The first-order valence-corrected chi connectivity index (χ1v) is 5.81. The number of thiazole rings is 1. The summed E-state index contributed by atoms with van der Waals surface area (Å²) in [5.74, 6) is 0.643. The summed E-state index contributed by atoms with van der Waals surface area (Å²) >= 11 is 6.85. The fraction of sp³-hybridized carbons (Fsp3) is 0.222. The number of nitrogens with zero attached hydrogens (tertiary/aromatic N) is 2. The van der Waals surface area contributed by atoms with E-state index in [2.05, 4.69) is 20.3 Å². The van der Waals surface area contributed by atoms with Gasteiger partial charge in [-0.3, -0.25) is 4.79 Å². The van der Waals surface area contributed by atoms with E-state index >= 15 is 0 Å². The largest absolute Gasteiger partial charge is 0.364 e. The number of rotatable bonds is 3. The van der Waals surface area contributed by atoms with Crippen LogP contribution < -0.4 is 10.2 Å². The van der Waals surface area contributed by atoms with Crippen molar-refractivity contribution in [1.82, 2.24) is 15.0 Å². The molecule has 2 heterocycles. The Labute approximate surface area is 101 Å². The summed E-state index contributed by atoms with van der Waals surface area (Å²) in [7, 11) is 0. The van der Waals surface area contributed by atoms with E-state index in [-0.39, 0.29) is 10.2 Å². The zero-order valence-corrected chi connectivity index (χ0v) is 10.0. The summed E-state index contributed by atoms with van der Waals surface area (Å²) in [6, 6.07) is 1.79. The molecule has 2 rings (SSSR count). The molecule has 16 heavy (non-hydrogen) atoms. The number of hydrogen-bond donors (Lipinski definition) is 2. The lowest BCUT2D eigenvalue weighted by molar-refractivity contribution is 1.02. The number of H-pyrrole nitrogens is 1. The lowest BCUT2D eigenvalue weighted by Gasteiger charge is -2.04. The van der Waals surface area contributed by atoms with E-state index in [1.54, 1.807) is 11.4 Å². The van der Waals surface area contributed by atoms with Crippen LogP contribution in [0.3, 0.4) is 0 Å². The van der Waals surface area contributed by atoms with Gasteiger partial charge in [-0.05, 0) is 18.5 Å². The second-order valence-corrected chi connectivity index (χ2v) is 4.37. The smallest absolute Gasteiger partial charge is 0.304 e.